The first-order chi connectivity index (χ1) is 13.0. The average molecular weight is 384 g/mol. The third-order valence-corrected chi connectivity index (χ3v) is 5.37. The summed E-state index contributed by atoms with van der Waals surface area (Å²) in [6, 6.07) is 7.86. The number of anilines is 1. The summed E-state index contributed by atoms with van der Waals surface area (Å²) < 4.78 is 9.58. The summed E-state index contributed by atoms with van der Waals surface area (Å²) in [6.07, 6.45) is 2.79. The molecule has 0 radical (unpaired) electrons. The van der Waals surface area contributed by atoms with E-state index < -0.39 is 24.5 Å². The van der Waals surface area contributed by atoms with Crippen LogP contribution in [-0.4, -0.2) is 31.6 Å². The van der Waals surface area contributed by atoms with Crippen LogP contribution in [0.1, 0.15) is 43.1 Å². The first-order valence-electron chi connectivity index (χ1n) is 8.23. The van der Waals surface area contributed by atoms with E-state index in [2.05, 4.69) is 16.1 Å². The molecule has 1 aliphatic rings. The number of nitriles is 1. The van der Waals surface area contributed by atoms with Gasteiger partial charge in [0.25, 0.3) is 5.91 Å². The van der Waals surface area contributed by atoms with Gasteiger partial charge in [-0.1, -0.05) is 0 Å². The smallest absolute Gasteiger partial charge is 0.338 e. The zero-order valence-corrected chi connectivity index (χ0v) is 15.4. The highest BCUT2D eigenvalue weighted by molar-refractivity contribution is 7.16. The van der Waals surface area contributed by atoms with E-state index in [1.807, 2.05) is 0 Å². The Morgan fingerprint density at radius 1 is 1.15 bits per heavy atom. The summed E-state index contributed by atoms with van der Waals surface area (Å²) in [4.78, 5) is 36.6. The molecule has 0 spiro atoms. The van der Waals surface area contributed by atoms with Crippen molar-refractivity contribution in [3.8, 4) is 6.07 Å². The van der Waals surface area contributed by atoms with Crippen LogP contribution < -0.4 is 5.32 Å². The van der Waals surface area contributed by atoms with Crippen molar-refractivity contribution < 1.29 is 23.9 Å². The lowest BCUT2D eigenvalue weighted by atomic mass is 10.1. The Hall–Kier alpha value is -3.18. The lowest BCUT2D eigenvalue weighted by Gasteiger charge is -2.06. The molecular weight excluding hydrogens is 368 g/mol. The number of carbonyl (C=O) groups excluding carboxylic acids is 3. The number of hydrogen-bond acceptors (Lipinski definition) is 7. The van der Waals surface area contributed by atoms with Crippen LogP contribution in [0.2, 0.25) is 0 Å². The molecule has 7 nitrogen and oxygen atoms in total. The van der Waals surface area contributed by atoms with Crippen LogP contribution in [0.15, 0.2) is 24.3 Å². The quantitative estimate of drug-likeness (QED) is 0.795. The Labute approximate surface area is 159 Å². The fourth-order valence-electron chi connectivity index (χ4n) is 2.85. The van der Waals surface area contributed by atoms with E-state index in [1.165, 1.54) is 42.7 Å². The molecule has 27 heavy (non-hydrogen) atoms. The van der Waals surface area contributed by atoms with Crippen molar-refractivity contribution in [1.29, 1.82) is 5.26 Å². The van der Waals surface area contributed by atoms with Crippen molar-refractivity contribution in [2.75, 3.05) is 19.0 Å². The summed E-state index contributed by atoms with van der Waals surface area (Å²) in [5.41, 5.74) is 2.04. The predicted molar refractivity (Wildman–Crippen MR) is 97.8 cm³/mol. The van der Waals surface area contributed by atoms with E-state index >= 15 is 0 Å². The van der Waals surface area contributed by atoms with Gasteiger partial charge in [0, 0.05) is 4.88 Å². The number of benzene rings is 1. The molecule has 0 atom stereocenters. The van der Waals surface area contributed by atoms with Crippen LogP contribution in [0.4, 0.5) is 5.00 Å². The van der Waals surface area contributed by atoms with Gasteiger partial charge in [-0.15, -0.1) is 11.3 Å². The second kappa shape index (κ2) is 8.01. The largest absolute Gasteiger partial charge is 0.465 e. The maximum absolute atomic E-state index is 12.1. The third kappa shape index (κ3) is 3.99. The lowest BCUT2D eigenvalue weighted by Crippen LogP contribution is -2.21. The van der Waals surface area contributed by atoms with Gasteiger partial charge in [-0.05, 0) is 49.1 Å². The third-order valence-electron chi connectivity index (χ3n) is 4.16. The summed E-state index contributed by atoms with van der Waals surface area (Å²) >= 11 is 1.40. The predicted octanol–water partition coefficient (Wildman–Crippen LogP) is 2.69. The van der Waals surface area contributed by atoms with Crippen LogP contribution in [-0.2, 0) is 27.1 Å². The van der Waals surface area contributed by atoms with Gasteiger partial charge in [-0.25, -0.2) is 9.59 Å². The highest BCUT2D eigenvalue weighted by Crippen LogP contribution is 2.38. The van der Waals surface area contributed by atoms with Gasteiger partial charge in [-0.2, -0.15) is 5.26 Å². The molecule has 0 unspecified atom stereocenters. The zero-order valence-electron chi connectivity index (χ0n) is 14.5. The summed E-state index contributed by atoms with van der Waals surface area (Å²) in [5, 5.41) is 12.5. The molecular formula is C19H16N2O5S. The van der Waals surface area contributed by atoms with Crippen LogP contribution in [0.25, 0.3) is 0 Å². The van der Waals surface area contributed by atoms with Gasteiger partial charge in [0.05, 0.1) is 23.8 Å². The number of fused-ring (bicyclic) bond motifs is 1. The van der Waals surface area contributed by atoms with Gasteiger partial charge in [0.1, 0.15) is 11.1 Å². The number of nitrogens with zero attached hydrogens (tertiary/aromatic N) is 1. The molecule has 1 aromatic heterocycles. The molecule has 0 fully saturated rings. The standard InChI is InChI=1S/C19H16N2O5S/c1-25-18(23)11-5-7-12(8-6-11)19(24)26-10-16(22)21-17-14(9-20)13-3-2-4-15(13)27-17/h5-8H,2-4,10H2,1H3,(H,21,22). The minimum absolute atomic E-state index is 0.211. The number of amides is 1. The van der Waals surface area contributed by atoms with Crippen LogP contribution in [0.3, 0.4) is 0 Å². The number of aryl methyl sites for hydroxylation is 1. The molecule has 0 saturated carbocycles. The van der Waals surface area contributed by atoms with Gasteiger partial charge in [0.2, 0.25) is 0 Å². The van der Waals surface area contributed by atoms with Crippen molar-refractivity contribution in [1.82, 2.24) is 0 Å². The second-order valence-electron chi connectivity index (χ2n) is 5.87. The number of esters is 2. The molecule has 0 saturated heterocycles. The van der Waals surface area contributed by atoms with Crippen LogP contribution in [0, 0.1) is 11.3 Å². The minimum atomic E-state index is -0.684. The maximum Gasteiger partial charge on any atom is 0.338 e. The maximum atomic E-state index is 12.1. The minimum Gasteiger partial charge on any atom is -0.465 e. The summed E-state index contributed by atoms with van der Waals surface area (Å²) in [5.74, 6) is -1.70. The van der Waals surface area contributed by atoms with Crippen molar-refractivity contribution in [2.24, 2.45) is 0 Å². The highest BCUT2D eigenvalue weighted by Gasteiger charge is 2.23. The number of hydrogen-bond donors (Lipinski definition) is 1. The molecule has 1 amide bonds. The Kier molecular flexibility index (Phi) is 5.52. The molecule has 1 heterocycles. The number of nitrogens with one attached hydrogen (secondary N) is 1. The first-order valence-corrected chi connectivity index (χ1v) is 9.05. The fourth-order valence-corrected chi connectivity index (χ4v) is 4.10. The number of carbonyl (C=O) groups is 3. The number of ether oxygens (including phenoxy) is 2. The molecule has 2 aromatic rings. The molecule has 138 valence electrons. The molecule has 1 aliphatic carbocycles. The Balaban J connectivity index is 1.57. The van der Waals surface area contributed by atoms with Gasteiger partial charge >= 0.3 is 11.9 Å². The topological polar surface area (TPSA) is 105 Å². The second-order valence-corrected chi connectivity index (χ2v) is 6.97. The van der Waals surface area contributed by atoms with E-state index in [1.54, 1.807) is 0 Å². The summed E-state index contributed by atoms with van der Waals surface area (Å²) in [6.45, 7) is -0.467. The average Bonchev–Trinajstić information content (AvgIpc) is 3.26. The number of thiophene rings is 1. The highest BCUT2D eigenvalue weighted by atomic mass is 32.1. The lowest BCUT2D eigenvalue weighted by molar-refractivity contribution is -0.119. The Morgan fingerprint density at radius 3 is 2.44 bits per heavy atom. The van der Waals surface area contributed by atoms with E-state index in [4.69, 9.17) is 4.74 Å². The van der Waals surface area contributed by atoms with Crippen molar-refractivity contribution in [3.05, 3.63) is 51.4 Å². The molecule has 1 aromatic carbocycles. The van der Waals surface area contributed by atoms with Gasteiger partial charge in [-0.3, -0.25) is 4.79 Å². The van der Waals surface area contributed by atoms with Gasteiger partial charge in [0.15, 0.2) is 6.61 Å². The van der Waals surface area contributed by atoms with Crippen LogP contribution in [0.5, 0.6) is 0 Å². The molecule has 0 bridgehead atoms. The van der Waals surface area contributed by atoms with Crippen molar-refractivity contribution in [3.63, 3.8) is 0 Å². The molecule has 0 aliphatic heterocycles. The fraction of sp³-hybridized carbons (Fsp3) is 0.263. The van der Waals surface area contributed by atoms with E-state index in [0.29, 0.717) is 16.1 Å². The normalized spacial score (nSPS) is 12.0. The molecule has 8 heteroatoms. The Morgan fingerprint density at radius 2 is 1.81 bits per heavy atom. The monoisotopic (exact) mass is 384 g/mol. The number of rotatable bonds is 5. The molecule has 1 N–H and O–H groups in total. The first kappa shape index (κ1) is 18.6. The van der Waals surface area contributed by atoms with Gasteiger partial charge < -0.3 is 14.8 Å². The van der Waals surface area contributed by atoms with Crippen LogP contribution >= 0.6 is 11.3 Å². The zero-order chi connectivity index (χ0) is 19.4. The summed E-state index contributed by atoms with van der Waals surface area (Å²) in [7, 11) is 1.27. The SMILES string of the molecule is COC(=O)c1ccc(C(=O)OCC(=O)Nc2sc3c(c2C#N)CCC3)cc1. The van der Waals surface area contributed by atoms with E-state index in [9.17, 15) is 19.6 Å². The number of methoxy groups -OCH3 is 1. The molecule has 3 rings (SSSR count). The van der Waals surface area contributed by atoms with Crippen molar-refractivity contribution >= 4 is 34.2 Å². The van der Waals surface area contributed by atoms with E-state index in [-0.39, 0.29) is 5.56 Å². The van der Waals surface area contributed by atoms with Crippen molar-refractivity contribution in [2.45, 2.75) is 19.3 Å². The Bertz CT molecular complexity index is 940. The van der Waals surface area contributed by atoms with E-state index in [0.717, 1.165) is 29.7 Å².